The molecular formula is C66H94Cl2N4O6S2. The van der Waals surface area contributed by atoms with Gasteiger partial charge in [-0.05, 0) is 61.4 Å². The van der Waals surface area contributed by atoms with Crippen molar-refractivity contribution in [2.45, 2.75) is 181 Å². The summed E-state index contributed by atoms with van der Waals surface area (Å²) >= 11 is 3.36. The number of carbonyl (C=O) groups is 2. The van der Waals surface area contributed by atoms with Crippen molar-refractivity contribution < 1.29 is 62.5 Å². The molecule has 0 fully saturated rings. The Hall–Kier alpha value is -5.14. The van der Waals surface area contributed by atoms with Crippen LogP contribution in [0, 0.1) is 0 Å². The van der Waals surface area contributed by atoms with Crippen LogP contribution in [0.1, 0.15) is 179 Å². The number of halogens is 2. The maximum Gasteiger partial charge on any atom is 0.268 e. The Labute approximate surface area is 501 Å². The predicted octanol–water partition coefficient (Wildman–Crippen LogP) is 11.0. The van der Waals surface area contributed by atoms with Crippen molar-refractivity contribution in [1.29, 1.82) is 0 Å². The SMILES string of the molecule is CCCCCCCCCCCCCCOc1cc(OC)ccc1CC(=O)Nc1cccc(-c2scc[n+]2C)c1.CCCCCCCCCCCCCCOc1cc(OC)ccc1CC(=O)Nc1cccc(-c2scc[n+]2C)c1.[Cl-].[Cl-]. The highest BCUT2D eigenvalue weighted by atomic mass is 35.5. The first kappa shape index (κ1) is 69.1. The number of amides is 2. The van der Waals surface area contributed by atoms with Crippen molar-refractivity contribution in [3.05, 3.63) is 119 Å². The summed E-state index contributed by atoms with van der Waals surface area (Å²) in [5.74, 6) is 2.80. The lowest BCUT2D eigenvalue weighted by atomic mass is 10.1. The summed E-state index contributed by atoms with van der Waals surface area (Å²) in [5, 5.41) is 12.5. The van der Waals surface area contributed by atoms with E-state index in [0.29, 0.717) is 13.2 Å². The summed E-state index contributed by atoms with van der Waals surface area (Å²) in [6.07, 6.45) is 36.1. The van der Waals surface area contributed by atoms with E-state index < -0.39 is 0 Å². The Bertz CT molecular complexity index is 2450. The minimum absolute atomic E-state index is 0. The molecule has 0 atom stereocenters. The Balaban J connectivity index is 0.000000410. The Morgan fingerprint density at radius 1 is 0.450 bits per heavy atom. The van der Waals surface area contributed by atoms with E-state index in [1.165, 1.54) is 141 Å². The minimum Gasteiger partial charge on any atom is -1.00 e. The van der Waals surface area contributed by atoms with Gasteiger partial charge in [-0.3, -0.25) is 9.59 Å². The largest absolute Gasteiger partial charge is 1.00 e. The number of rotatable bonds is 38. The molecule has 6 rings (SSSR count). The molecule has 6 aromatic rings. The number of carbonyl (C=O) groups excluding carboxylic acids is 2. The average Bonchev–Trinajstić information content (AvgIpc) is 4.09. The van der Waals surface area contributed by atoms with Crippen LogP contribution in [-0.4, -0.2) is 39.2 Å². The van der Waals surface area contributed by atoms with E-state index in [-0.39, 0.29) is 49.5 Å². The van der Waals surface area contributed by atoms with Crippen LogP contribution in [0.4, 0.5) is 11.4 Å². The molecule has 0 aliphatic carbocycles. The zero-order chi connectivity index (χ0) is 55.4. The lowest BCUT2D eigenvalue weighted by Crippen LogP contribution is -3.00. The predicted molar refractivity (Wildman–Crippen MR) is 326 cm³/mol. The number of nitrogens with zero attached hydrogens (tertiary/aromatic N) is 2. The molecule has 0 unspecified atom stereocenters. The van der Waals surface area contributed by atoms with E-state index >= 15 is 0 Å². The molecule has 4 aromatic carbocycles. The highest BCUT2D eigenvalue weighted by Crippen LogP contribution is 2.30. The number of nitrogens with one attached hydrogen (secondary N) is 2. The molecule has 2 aromatic heterocycles. The summed E-state index contributed by atoms with van der Waals surface area (Å²) in [6.45, 7) is 5.85. The average molecular weight is 1170 g/mol. The number of methoxy groups -OCH3 is 2. The van der Waals surface area contributed by atoms with Crippen LogP contribution in [-0.2, 0) is 36.5 Å². The normalized spacial score (nSPS) is 10.7. The molecule has 0 aliphatic heterocycles. The highest BCUT2D eigenvalue weighted by molar-refractivity contribution is 7.12. The van der Waals surface area contributed by atoms with Crippen LogP contribution in [0.3, 0.4) is 0 Å². The molecule has 440 valence electrons. The summed E-state index contributed by atoms with van der Waals surface area (Å²) in [6, 6.07) is 27.4. The smallest absolute Gasteiger partial charge is 0.268 e. The van der Waals surface area contributed by atoms with Gasteiger partial charge in [-0.1, -0.05) is 202 Å². The van der Waals surface area contributed by atoms with E-state index in [0.717, 1.165) is 79.5 Å². The van der Waals surface area contributed by atoms with Gasteiger partial charge in [0.25, 0.3) is 10.0 Å². The summed E-state index contributed by atoms with van der Waals surface area (Å²) in [4.78, 5) is 25.9. The number of benzene rings is 4. The van der Waals surface area contributed by atoms with Crippen LogP contribution >= 0.6 is 22.7 Å². The first-order valence-corrected chi connectivity index (χ1v) is 31.2. The molecule has 2 amide bonds. The lowest BCUT2D eigenvalue weighted by Gasteiger charge is -2.13. The summed E-state index contributed by atoms with van der Waals surface area (Å²) in [5.41, 5.74) is 5.49. The monoisotopic (exact) mass is 1170 g/mol. The van der Waals surface area contributed by atoms with Crippen molar-refractivity contribution in [3.8, 4) is 44.1 Å². The Morgan fingerprint density at radius 3 is 1.10 bits per heavy atom. The van der Waals surface area contributed by atoms with Gasteiger partial charge in [0.1, 0.15) is 37.1 Å². The minimum atomic E-state index is -0.0666. The van der Waals surface area contributed by atoms with Crippen molar-refractivity contribution in [1.82, 2.24) is 0 Å². The standard InChI is InChI=1S/2C33H46N2O3S.2ClH/c2*1-4-5-6-7-8-9-10-11-12-13-14-15-22-38-31-26-30(37-3)20-19-27(31)25-32(36)34-29-18-16-17-28(24-29)33-35(2)21-23-39-33;;/h2*16-21,23-24,26H,4-15,22,25H2,1-3H3;2*1H. The van der Waals surface area contributed by atoms with Crippen molar-refractivity contribution in [2.24, 2.45) is 14.1 Å². The van der Waals surface area contributed by atoms with E-state index in [1.807, 2.05) is 99.3 Å². The second-order valence-corrected chi connectivity index (χ2v) is 22.5. The number of aromatic nitrogens is 2. The molecule has 2 heterocycles. The molecular weight excluding hydrogens is 1080 g/mol. The van der Waals surface area contributed by atoms with Gasteiger partial charge in [0.2, 0.25) is 11.8 Å². The van der Waals surface area contributed by atoms with Gasteiger partial charge >= 0.3 is 0 Å². The lowest BCUT2D eigenvalue weighted by molar-refractivity contribution is -0.656. The topological polar surface area (TPSA) is 103 Å². The number of anilines is 2. The number of unbranched alkanes of at least 4 members (excludes halogenated alkanes) is 22. The number of aryl methyl sites for hydroxylation is 2. The second-order valence-electron chi connectivity index (χ2n) is 20.7. The maximum absolute atomic E-state index is 12.9. The molecule has 0 spiro atoms. The van der Waals surface area contributed by atoms with Crippen LogP contribution in [0.25, 0.3) is 21.1 Å². The number of ether oxygens (including phenoxy) is 4. The van der Waals surface area contributed by atoms with Crippen molar-refractivity contribution in [2.75, 3.05) is 38.1 Å². The Morgan fingerprint density at radius 2 is 0.787 bits per heavy atom. The molecule has 10 nitrogen and oxygen atoms in total. The van der Waals surface area contributed by atoms with Gasteiger partial charge in [-0.15, -0.1) is 0 Å². The fourth-order valence-corrected chi connectivity index (χ4v) is 11.3. The van der Waals surface area contributed by atoms with E-state index in [9.17, 15) is 9.59 Å². The zero-order valence-electron chi connectivity index (χ0n) is 49.1. The van der Waals surface area contributed by atoms with Crippen LogP contribution in [0.5, 0.6) is 23.0 Å². The van der Waals surface area contributed by atoms with Gasteiger partial charge < -0.3 is 54.4 Å². The number of hydrogen-bond donors (Lipinski definition) is 2. The second kappa shape index (κ2) is 41.8. The molecule has 14 heteroatoms. The first-order chi connectivity index (χ1) is 38.2. The molecule has 0 aliphatic rings. The Kier molecular flexibility index (Phi) is 36.1. The molecule has 0 bridgehead atoms. The van der Waals surface area contributed by atoms with Gasteiger partial charge in [0.05, 0.1) is 62.2 Å². The molecule has 0 saturated carbocycles. The number of thiazole rings is 2. The van der Waals surface area contributed by atoms with E-state index in [1.54, 1.807) is 36.9 Å². The van der Waals surface area contributed by atoms with Gasteiger partial charge in [-0.25, -0.2) is 0 Å². The third-order valence-corrected chi connectivity index (χ3v) is 16.1. The maximum atomic E-state index is 12.9. The quantitative estimate of drug-likeness (QED) is 0.0296. The van der Waals surface area contributed by atoms with E-state index in [4.69, 9.17) is 18.9 Å². The zero-order valence-corrected chi connectivity index (χ0v) is 52.3. The fourth-order valence-electron chi connectivity index (χ4n) is 9.57. The first-order valence-electron chi connectivity index (χ1n) is 29.5. The van der Waals surface area contributed by atoms with E-state index in [2.05, 4.69) is 56.5 Å². The highest BCUT2D eigenvalue weighted by Gasteiger charge is 2.17. The summed E-state index contributed by atoms with van der Waals surface area (Å²) in [7, 11) is 7.35. The fraction of sp³-hybridized carbons (Fsp3) is 0.515. The third-order valence-electron chi connectivity index (χ3n) is 14.1. The van der Waals surface area contributed by atoms with Crippen LogP contribution < -0.4 is 63.5 Å². The molecule has 0 saturated heterocycles. The van der Waals surface area contributed by atoms with Gasteiger partial charge in [-0.2, -0.15) is 9.13 Å². The van der Waals surface area contributed by atoms with Crippen LogP contribution in [0.15, 0.2) is 108 Å². The third kappa shape index (κ3) is 26.6. The van der Waals surface area contributed by atoms with Crippen LogP contribution in [0.2, 0.25) is 0 Å². The van der Waals surface area contributed by atoms with Gasteiger partial charge in [0, 0.05) is 34.6 Å². The van der Waals surface area contributed by atoms with Crippen molar-refractivity contribution >= 4 is 45.9 Å². The summed E-state index contributed by atoms with van der Waals surface area (Å²) < 4.78 is 27.3. The molecule has 0 radical (unpaired) electrons. The molecule has 2 N–H and O–H groups in total. The molecule has 80 heavy (non-hydrogen) atoms. The van der Waals surface area contributed by atoms with Gasteiger partial charge in [0.15, 0.2) is 12.4 Å². The van der Waals surface area contributed by atoms with Crippen molar-refractivity contribution in [3.63, 3.8) is 0 Å². The number of hydrogen-bond acceptors (Lipinski definition) is 8.